The number of hydrogen-bond acceptors (Lipinski definition) is 6. The molecule has 9 heteroatoms. The van der Waals surface area contributed by atoms with Gasteiger partial charge < -0.3 is 15.2 Å². The topological polar surface area (TPSA) is 124 Å². The Hall–Kier alpha value is -4.79. The average Bonchev–Trinajstić information content (AvgIpc) is 3.41. The van der Waals surface area contributed by atoms with Crippen molar-refractivity contribution >= 4 is 21.9 Å². The predicted octanol–water partition coefficient (Wildman–Crippen LogP) is 4.78. The van der Waals surface area contributed by atoms with Crippen molar-refractivity contribution in [1.29, 1.82) is 0 Å². The lowest BCUT2D eigenvalue weighted by molar-refractivity contribution is 0.469. The summed E-state index contributed by atoms with van der Waals surface area (Å²) in [4.78, 5) is 16.5. The average molecular weight is 438 g/mol. The fraction of sp³-hybridized carbons (Fsp3) is 0. The van der Waals surface area contributed by atoms with Crippen LogP contribution >= 0.6 is 0 Å². The molecule has 6 rings (SSSR count). The van der Waals surface area contributed by atoms with Crippen LogP contribution in [-0.2, 0) is 0 Å². The maximum Gasteiger partial charge on any atom is 0.135 e. The molecule has 0 unspecified atom stereocenters. The van der Waals surface area contributed by atoms with Crippen LogP contribution in [0.4, 0.5) is 4.39 Å². The molecule has 0 saturated heterocycles. The van der Waals surface area contributed by atoms with Crippen molar-refractivity contribution < 1.29 is 14.6 Å². The quantitative estimate of drug-likeness (QED) is 0.315. The number of aromatic hydroxyl groups is 2. The molecule has 4 N–H and O–H groups in total. The molecule has 0 bridgehead atoms. The summed E-state index contributed by atoms with van der Waals surface area (Å²) < 4.78 is 13.9. The van der Waals surface area contributed by atoms with Gasteiger partial charge in [0.1, 0.15) is 28.5 Å². The Bertz CT molecular complexity index is 1650. The van der Waals surface area contributed by atoms with Crippen LogP contribution < -0.4 is 0 Å². The first-order valence-corrected chi connectivity index (χ1v) is 10.0. The molecule has 0 fully saturated rings. The summed E-state index contributed by atoms with van der Waals surface area (Å²) in [6.45, 7) is 0. The molecular formula is C24H15FN6O2. The minimum absolute atomic E-state index is 0.0563. The number of H-pyrrole nitrogens is 2. The molecule has 1 aromatic carbocycles. The van der Waals surface area contributed by atoms with Gasteiger partial charge in [0.15, 0.2) is 0 Å². The minimum Gasteiger partial charge on any atom is -0.508 e. The van der Waals surface area contributed by atoms with Crippen LogP contribution in [0.3, 0.4) is 0 Å². The molecule has 0 atom stereocenters. The first kappa shape index (κ1) is 18.9. The highest BCUT2D eigenvalue weighted by atomic mass is 19.1. The molecule has 0 saturated carbocycles. The standard InChI is InChI=1S/C24H15FN6O2/c25-14-5-12(6-15(32)8-14)22-17-9-21(28-19(17)3-4-27-22)24-23-20(30-31-24)2-1-18(29-23)13-7-16(33)11-26-10-13/h1-11,28,32-33H,(H,30,31). The second-order valence-electron chi connectivity index (χ2n) is 7.60. The van der Waals surface area contributed by atoms with Crippen LogP contribution in [0.15, 0.2) is 67.1 Å². The van der Waals surface area contributed by atoms with Crippen molar-refractivity contribution in [3.8, 4) is 45.4 Å². The van der Waals surface area contributed by atoms with E-state index in [-0.39, 0.29) is 11.5 Å². The highest BCUT2D eigenvalue weighted by Gasteiger charge is 2.16. The van der Waals surface area contributed by atoms with Gasteiger partial charge in [0.25, 0.3) is 0 Å². The second kappa shape index (κ2) is 7.13. The van der Waals surface area contributed by atoms with E-state index < -0.39 is 5.82 Å². The summed E-state index contributed by atoms with van der Waals surface area (Å²) in [6.07, 6.45) is 4.61. The molecule has 0 spiro atoms. The first-order valence-electron chi connectivity index (χ1n) is 10.0. The van der Waals surface area contributed by atoms with Gasteiger partial charge in [0, 0.05) is 40.5 Å². The van der Waals surface area contributed by atoms with Crippen molar-refractivity contribution in [2.24, 2.45) is 0 Å². The molecule has 0 aliphatic carbocycles. The van der Waals surface area contributed by atoms with Crippen LogP contribution in [0.1, 0.15) is 0 Å². The van der Waals surface area contributed by atoms with Crippen LogP contribution in [0.2, 0.25) is 0 Å². The Balaban J connectivity index is 1.51. The number of phenolic OH excluding ortho intramolecular Hbond substituents is 1. The van der Waals surface area contributed by atoms with Crippen LogP contribution in [0, 0.1) is 5.82 Å². The second-order valence-corrected chi connectivity index (χ2v) is 7.60. The van der Waals surface area contributed by atoms with Gasteiger partial charge in [0.05, 0.1) is 28.8 Å². The number of aromatic nitrogens is 6. The molecule has 6 aromatic rings. The van der Waals surface area contributed by atoms with Crippen molar-refractivity contribution in [3.63, 3.8) is 0 Å². The molecule has 160 valence electrons. The maximum absolute atomic E-state index is 13.9. The maximum atomic E-state index is 13.9. The number of rotatable bonds is 3. The van der Waals surface area contributed by atoms with E-state index in [1.165, 1.54) is 18.3 Å². The van der Waals surface area contributed by atoms with Crippen molar-refractivity contribution in [3.05, 3.63) is 72.9 Å². The number of aromatic amines is 2. The summed E-state index contributed by atoms with van der Waals surface area (Å²) in [5, 5.41) is 27.8. The number of hydrogen-bond donors (Lipinski definition) is 4. The third-order valence-electron chi connectivity index (χ3n) is 5.39. The van der Waals surface area contributed by atoms with Gasteiger partial charge in [-0.2, -0.15) is 5.10 Å². The number of nitrogens with one attached hydrogen (secondary N) is 2. The van der Waals surface area contributed by atoms with E-state index in [1.54, 1.807) is 18.5 Å². The molecule has 5 heterocycles. The fourth-order valence-electron chi connectivity index (χ4n) is 3.94. The Morgan fingerprint density at radius 2 is 1.70 bits per heavy atom. The fourth-order valence-corrected chi connectivity index (χ4v) is 3.94. The number of benzene rings is 1. The summed E-state index contributed by atoms with van der Waals surface area (Å²) in [7, 11) is 0. The number of fused-ring (bicyclic) bond motifs is 2. The SMILES string of the molecule is Oc1cncc(-c2ccc3[nH]nc(-c4cc5c(-c6cc(O)cc(F)c6)nccc5[nH]4)c3n2)c1. The van der Waals surface area contributed by atoms with Crippen molar-refractivity contribution in [2.75, 3.05) is 0 Å². The molecule has 8 nitrogen and oxygen atoms in total. The largest absolute Gasteiger partial charge is 0.508 e. The highest BCUT2D eigenvalue weighted by molar-refractivity contribution is 5.99. The molecular weight excluding hydrogens is 423 g/mol. The van der Waals surface area contributed by atoms with E-state index in [0.29, 0.717) is 39.4 Å². The van der Waals surface area contributed by atoms with Crippen LogP contribution in [0.5, 0.6) is 11.5 Å². The third-order valence-corrected chi connectivity index (χ3v) is 5.39. The molecule has 0 aliphatic rings. The van der Waals surface area contributed by atoms with Gasteiger partial charge in [-0.1, -0.05) is 0 Å². The van der Waals surface area contributed by atoms with Gasteiger partial charge in [-0.05, 0) is 42.5 Å². The molecule has 0 amide bonds. The van der Waals surface area contributed by atoms with Gasteiger partial charge >= 0.3 is 0 Å². The van der Waals surface area contributed by atoms with E-state index in [1.807, 2.05) is 24.3 Å². The van der Waals surface area contributed by atoms with Crippen molar-refractivity contribution in [1.82, 2.24) is 30.1 Å². The third kappa shape index (κ3) is 3.23. The number of phenols is 1. The van der Waals surface area contributed by atoms with Gasteiger partial charge in [-0.3, -0.25) is 15.1 Å². The highest BCUT2D eigenvalue weighted by Crippen LogP contribution is 2.34. The predicted molar refractivity (Wildman–Crippen MR) is 121 cm³/mol. The van der Waals surface area contributed by atoms with Gasteiger partial charge in [-0.15, -0.1) is 0 Å². The molecule has 0 radical (unpaired) electrons. The van der Waals surface area contributed by atoms with E-state index in [0.717, 1.165) is 22.5 Å². The summed E-state index contributed by atoms with van der Waals surface area (Å²) in [6, 6.07) is 12.8. The smallest absolute Gasteiger partial charge is 0.135 e. The Labute approximate surface area is 185 Å². The van der Waals surface area contributed by atoms with E-state index >= 15 is 0 Å². The van der Waals surface area contributed by atoms with Gasteiger partial charge in [0.2, 0.25) is 0 Å². The molecule has 5 aromatic heterocycles. The lowest BCUT2D eigenvalue weighted by atomic mass is 10.1. The van der Waals surface area contributed by atoms with Crippen LogP contribution in [0.25, 0.3) is 55.8 Å². The number of nitrogens with zero attached hydrogens (tertiary/aromatic N) is 4. The number of halogens is 1. The zero-order chi connectivity index (χ0) is 22.5. The van der Waals surface area contributed by atoms with E-state index in [2.05, 4.69) is 25.1 Å². The zero-order valence-corrected chi connectivity index (χ0v) is 16.9. The normalized spacial score (nSPS) is 11.4. The lowest BCUT2D eigenvalue weighted by Gasteiger charge is -2.03. The Kier molecular flexibility index (Phi) is 4.09. The summed E-state index contributed by atoms with van der Waals surface area (Å²) in [5.74, 6) is -0.659. The van der Waals surface area contributed by atoms with E-state index in [9.17, 15) is 14.6 Å². The van der Waals surface area contributed by atoms with Crippen molar-refractivity contribution in [2.45, 2.75) is 0 Å². The lowest BCUT2D eigenvalue weighted by Crippen LogP contribution is -1.86. The molecule has 0 aliphatic heterocycles. The summed E-state index contributed by atoms with van der Waals surface area (Å²) >= 11 is 0. The minimum atomic E-state index is -0.545. The molecule has 33 heavy (non-hydrogen) atoms. The number of pyridine rings is 3. The monoisotopic (exact) mass is 438 g/mol. The van der Waals surface area contributed by atoms with Gasteiger partial charge in [-0.25, -0.2) is 9.37 Å². The van der Waals surface area contributed by atoms with Crippen LogP contribution in [-0.4, -0.2) is 40.3 Å². The Morgan fingerprint density at radius 1 is 0.818 bits per heavy atom. The Morgan fingerprint density at radius 3 is 2.55 bits per heavy atom. The summed E-state index contributed by atoms with van der Waals surface area (Å²) in [5.41, 5.74) is 5.78. The van der Waals surface area contributed by atoms with E-state index in [4.69, 9.17) is 4.98 Å². The first-order chi connectivity index (χ1) is 16.0. The zero-order valence-electron chi connectivity index (χ0n) is 16.9.